The Hall–Kier alpha value is -1.59. The van der Waals surface area contributed by atoms with Crippen molar-refractivity contribution in [2.24, 2.45) is 4.99 Å². The van der Waals surface area contributed by atoms with Gasteiger partial charge in [-0.05, 0) is 12.5 Å². The Morgan fingerprint density at radius 2 is 1.95 bits per heavy atom. The van der Waals surface area contributed by atoms with E-state index in [4.69, 9.17) is 9.47 Å². The zero-order chi connectivity index (χ0) is 14.5. The molecule has 20 heavy (non-hydrogen) atoms. The average molecular weight is 279 g/mol. The molecule has 0 atom stereocenters. The lowest BCUT2D eigenvalue weighted by Crippen LogP contribution is -2.39. The summed E-state index contributed by atoms with van der Waals surface area (Å²) in [5.41, 5.74) is 1.18. The summed E-state index contributed by atoms with van der Waals surface area (Å²) in [5, 5.41) is 6.37. The van der Waals surface area contributed by atoms with Gasteiger partial charge in [-0.15, -0.1) is 0 Å². The van der Waals surface area contributed by atoms with Gasteiger partial charge in [0.2, 0.25) is 0 Å². The summed E-state index contributed by atoms with van der Waals surface area (Å²) in [4.78, 5) is 4.43. The minimum atomic E-state index is 0.607. The molecule has 0 aliphatic carbocycles. The van der Waals surface area contributed by atoms with Crippen LogP contribution in [0.25, 0.3) is 0 Å². The van der Waals surface area contributed by atoms with E-state index < -0.39 is 0 Å². The maximum atomic E-state index is 5.59. The fraction of sp³-hybridized carbons (Fsp3) is 0.533. The summed E-state index contributed by atoms with van der Waals surface area (Å²) in [7, 11) is 1.68. The Labute approximate surface area is 121 Å². The van der Waals surface area contributed by atoms with Crippen LogP contribution >= 0.6 is 0 Å². The fourth-order valence-corrected chi connectivity index (χ4v) is 1.60. The third-order valence-electron chi connectivity index (χ3n) is 2.56. The summed E-state index contributed by atoms with van der Waals surface area (Å²) in [6.07, 6.45) is 0. The quantitative estimate of drug-likeness (QED) is 0.408. The van der Waals surface area contributed by atoms with Crippen molar-refractivity contribution in [1.29, 1.82) is 0 Å². The van der Waals surface area contributed by atoms with E-state index >= 15 is 0 Å². The van der Waals surface area contributed by atoms with Crippen LogP contribution in [0.15, 0.2) is 35.3 Å². The predicted molar refractivity (Wildman–Crippen MR) is 82.0 cm³/mol. The van der Waals surface area contributed by atoms with Gasteiger partial charge in [-0.3, -0.25) is 4.99 Å². The summed E-state index contributed by atoms with van der Waals surface area (Å²) >= 11 is 0. The van der Waals surface area contributed by atoms with Gasteiger partial charge in [-0.2, -0.15) is 0 Å². The van der Waals surface area contributed by atoms with Crippen LogP contribution in [0.3, 0.4) is 0 Å². The van der Waals surface area contributed by atoms with Crippen molar-refractivity contribution in [3.63, 3.8) is 0 Å². The number of methoxy groups -OCH3 is 1. The molecule has 1 rings (SSSR count). The van der Waals surface area contributed by atoms with Gasteiger partial charge in [0.15, 0.2) is 5.96 Å². The third-order valence-corrected chi connectivity index (χ3v) is 2.56. The van der Waals surface area contributed by atoms with Crippen molar-refractivity contribution in [1.82, 2.24) is 10.6 Å². The molecule has 1 aromatic carbocycles. The van der Waals surface area contributed by atoms with Crippen molar-refractivity contribution in [2.75, 3.05) is 40.0 Å². The average Bonchev–Trinajstić information content (AvgIpc) is 2.48. The largest absolute Gasteiger partial charge is 0.383 e. The van der Waals surface area contributed by atoms with Gasteiger partial charge in [0.1, 0.15) is 0 Å². The molecule has 5 heteroatoms. The third kappa shape index (κ3) is 7.76. The van der Waals surface area contributed by atoms with Gasteiger partial charge in [0.25, 0.3) is 0 Å². The van der Waals surface area contributed by atoms with Gasteiger partial charge >= 0.3 is 0 Å². The Bertz CT molecular complexity index is 369. The van der Waals surface area contributed by atoms with Gasteiger partial charge in [0, 0.05) is 20.2 Å². The van der Waals surface area contributed by atoms with E-state index in [1.165, 1.54) is 5.56 Å². The van der Waals surface area contributed by atoms with Crippen molar-refractivity contribution < 1.29 is 9.47 Å². The molecule has 1 aromatic rings. The van der Waals surface area contributed by atoms with Crippen LogP contribution in [-0.2, 0) is 16.1 Å². The lowest BCUT2D eigenvalue weighted by atomic mass is 10.2. The van der Waals surface area contributed by atoms with Crippen LogP contribution in [0.1, 0.15) is 12.5 Å². The molecule has 0 spiro atoms. The van der Waals surface area contributed by atoms with E-state index in [9.17, 15) is 0 Å². The molecule has 0 fully saturated rings. The highest BCUT2D eigenvalue weighted by molar-refractivity contribution is 5.79. The Balaban J connectivity index is 2.19. The minimum absolute atomic E-state index is 0.607. The number of benzene rings is 1. The van der Waals surface area contributed by atoms with Crippen molar-refractivity contribution >= 4 is 5.96 Å². The smallest absolute Gasteiger partial charge is 0.191 e. The van der Waals surface area contributed by atoms with E-state index in [0.29, 0.717) is 26.4 Å². The van der Waals surface area contributed by atoms with Crippen LogP contribution in [0, 0.1) is 0 Å². The zero-order valence-electron chi connectivity index (χ0n) is 12.4. The standard InChI is InChI=1S/C15H25N3O2/c1-3-16-15(17-9-11-19-2)18-10-12-20-13-14-7-5-4-6-8-14/h4-8H,3,9-13H2,1-2H3,(H2,16,17,18). The Kier molecular flexibility index (Phi) is 9.26. The first kappa shape index (κ1) is 16.5. The highest BCUT2D eigenvalue weighted by atomic mass is 16.5. The molecule has 0 bridgehead atoms. The summed E-state index contributed by atoms with van der Waals surface area (Å²) in [6.45, 7) is 6.15. The maximum Gasteiger partial charge on any atom is 0.191 e. The number of ether oxygens (including phenoxy) is 2. The van der Waals surface area contributed by atoms with E-state index in [-0.39, 0.29) is 0 Å². The first-order chi connectivity index (χ1) is 9.86. The van der Waals surface area contributed by atoms with E-state index in [1.807, 2.05) is 25.1 Å². The molecular weight excluding hydrogens is 254 g/mol. The van der Waals surface area contributed by atoms with Crippen LogP contribution in [0.2, 0.25) is 0 Å². The number of aliphatic imine (C=N–C) groups is 1. The molecule has 0 amide bonds. The summed E-state index contributed by atoms with van der Waals surface area (Å²) < 4.78 is 10.6. The normalized spacial score (nSPS) is 11.4. The Morgan fingerprint density at radius 3 is 2.65 bits per heavy atom. The van der Waals surface area contributed by atoms with Crippen LogP contribution in [-0.4, -0.2) is 45.9 Å². The number of nitrogens with zero attached hydrogens (tertiary/aromatic N) is 1. The molecule has 112 valence electrons. The van der Waals surface area contributed by atoms with Gasteiger partial charge in [0.05, 0.1) is 26.4 Å². The molecular formula is C15H25N3O2. The lowest BCUT2D eigenvalue weighted by Gasteiger charge is -2.10. The first-order valence-electron chi connectivity index (χ1n) is 6.99. The Morgan fingerprint density at radius 1 is 1.15 bits per heavy atom. The molecule has 0 aliphatic rings. The number of guanidine groups is 1. The highest BCUT2D eigenvalue weighted by Gasteiger charge is 1.96. The number of rotatable bonds is 9. The molecule has 0 aliphatic heterocycles. The second-order valence-electron chi connectivity index (χ2n) is 4.22. The molecule has 0 aromatic heterocycles. The topological polar surface area (TPSA) is 54.9 Å². The first-order valence-corrected chi connectivity index (χ1v) is 6.99. The van der Waals surface area contributed by atoms with Crippen LogP contribution in [0.5, 0.6) is 0 Å². The molecule has 5 nitrogen and oxygen atoms in total. The maximum absolute atomic E-state index is 5.59. The molecule has 2 N–H and O–H groups in total. The second kappa shape index (κ2) is 11.3. The number of hydrogen-bond acceptors (Lipinski definition) is 3. The summed E-state index contributed by atoms with van der Waals surface area (Å²) in [5.74, 6) is 0.799. The van der Waals surface area contributed by atoms with E-state index in [1.54, 1.807) is 7.11 Å². The second-order valence-corrected chi connectivity index (χ2v) is 4.22. The molecule has 0 radical (unpaired) electrons. The molecule has 0 saturated carbocycles. The molecule has 0 unspecified atom stereocenters. The summed E-state index contributed by atoms with van der Waals surface area (Å²) in [6, 6.07) is 10.1. The molecule has 0 heterocycles. The molecule has 0 saturated heterocycles. The number of nitrogens with one attached hydrogen (secondary N) is 2. The SMILES string of the molecule is CCNC(=NCCOCc1ccccc1)NCCOC. The van der Waals surface area contributed by atoms with Crippen LogP contribution < -0.4 is 10.6 Å². The predicted octanol–water partition coefficient (Wildman–Crippen LogP) is 1.40. The number of hydrogen-bond donors (Lipinski definition) is 2. The lowest BCUT2D eigenvalue weighted by molar-refractivity contribution is 0.128. The van der Waals surface area contributed by atoms with Crippen molar-refractivity contribution in [3.05, 3.63) is 35.9 Å². The van der Waals surface area contributed by atoms with Gasteiger partial charge in [-0.25, -0.2) is 0 Å². The van der Waals surface area contributed by atoms with E-state index in [2.05, 4.69) is 27.8 Å². The van der Waals surface area contributed by atoms with E-state index in [0.717, 1.165) is 19.0 Å². The minimum Gasteiger partial charge on any atom is -0.383 e. The van der Waals surface area contributed by atoms with Gasteiger partial charge < -0.3 is 20.1 Å². The highest BCUT2D eigenvalue weighted by Crippen LogP contribution is 1.99. The van der Waals surface area contributed by atoms with Crippen molar-refractivity contribution in [3.8, 4) is 0 Å². The van der Waals surface area contributed by atoms with Crippen LogP contribution in [0.4, 0.5) is 0 Å². The zero-order valence-corrected chi connectivity index (χ0v) is 12.4. The fourth-order valence-electron chi connectivity index (χ4n) is 1.60. The van der Waals surface area contributed by atoms with Crippen molar-refractivity contribution in [2.45, 2.75) is 13.5 Å². The van der Waals surface area contributed by atoms with Gasteiger partial charge in [-0.1, -0.05) is 30.3 Å². The monoisotopic (exact) mass is 279 g/mol.